The van der Waals surface area contributed by atoms with Gasteiger partial charge in [-0.15, -0.1) is 0 Å². The minimum absolute atomic E-state index is 0.00302. The Bertz CT molecular complexity index is 444. The Labute approximate surface area is 133 Å². The number of nitrogens with one attached hydrogen (secondary N) is 1. The van der Waals surface area contributed by atoms with E-state index < -0.39 is 0 Å². The second-order valence-electron chi connectivity index (χ2n) is 7.93. The molecular formula is C17H30N3O2+. The number of cyclic esters (lactones) is 1. The lowest BCUT2D eigenvalue weighted by molar-refractivity contribution is -0.733. The van der Waals surface area contributed by atoms with Crippen LogP contribution in [0.5, 0.6) is 0 Å². The van der Waals surface area contributed by atoms with E-state index in [9.17, 15) is 4.79 Å². The average Bonchev–Trinajstić information content (AvgIpc) is 2.98. The minimum Gasteiger partial charge on any atom is -0.445 e. The Morgan fingerprint density at radius 1 is 1.18 bits per heavy atom. The topological polar surface area (TPSA) is 58.2 Å². The zero-order chi connectivity index (χ0) is 15.3. The van der Waals surface area contributed by atoms with Crippen LogP contribution in [0.2, 0.25) is 0 Å². The Morgan fingerprint density at radius 2 is 2.00 bits per heavy atom. The summed E-state index contributed by atoms with van der Waals surface area (Å²) in [6.07, 6.45) is 9.22. The Kier molecular flexibility index (Phi) is 3.91. The average molecular weight is 308 g/mol. The van der Waals surface area contributed by atoms with Crippen LogP contribution >= 0.6 is 0 Å². The van der Waals surface area contributed by atoms with E-state index in [4.69, 9.17) is 4.74 Å². The second-order valence-corrected chi connectivity index (χ2v) is 7.93. The monoisotopic (exact) mass is 308 g/mol. The van der Waals surface area contributed by atoms with Crippen LogP contribution in [0.25, 0.3) is 0 Å². The summed E-state index contributed by atoms with van der Waals surface area (Å²) in [5.74, 6) is 0.991. The van der Waals surface area contributed by atoms with Crippen LogP contribution in [0, 0.1) is 11.8 Å². The maximum atomic E-state index is 12.4. The number of nitrogens with zero attached hydrogens (tertiary/aromatic N) is 1. The molecule has 124 valence electrons. The first-order valence-corrected chi connectivity index (χ1v) is 9.18. The lowest BCUT2D eigenvalue weighted by Gasteiger charge is -2.34. The van der Waals surface area contributed by atoms with Crippen molar-refractivity contribution in [1.29, 1.82) is 0 Å². The van der Waals surface area contributed by atoms with Gasteiger partial charge in [0.15, 0.2) is 6.23 Å². The highest BCUT2D eigenvalue weighted by atomic mass is 16.6. The van der Waals surface area contributed by atoms with Crippen LogP contribution in [-0.4, -0.2) is 48.4 Å². The first-order valence-electron chi connectivity index (χ1n) is 9.18. The predicted molar refractivity (Wildman–Crippen MR) is 82.8 cm³/mol. The van der Waals surface area contributed by atoms with Crippen molar-refractivity contribution < 1.29 is 14.8 Å². The molecule has 5 heteroatoms. The van der Waals surface area contributed by atoms with E-state index in [1.165, 1.54) is 44.9 Å². The summed E-state index contributed by atoms with van der Waals surface area (Å²) in [5, 5.41) is 6.10. The molecule has 0 aromatic carbocycles. The van der Waals surface area contributed by atoms with Gasteiger partial charge in [-0.05, 0) is 45.6 Å². The number of ether oxygens (including phenoxy) is 1. The molecule has 1 aliphatic carbocycles. The van der Waals surface area contributed by atoms with Gasteiger partial charge in [-0.2, -0.15) is 0 Å². The normalized spacial score (nSPS) is 48.8. The van der Waals surface area contributed by atoms with Crippen LogP contribution in [0.4, 0.5) is 0 Å². The highest BCUT2D eigenvalue weighted by molar-refractivity contribution is 5.79. The number of carbonyl (C=O) groups excluding carboxylic acids is 1. The molecule has 0 aromatic rings. The Morgan fingerprint density at radius 3 is 2.82 bits per heavy atom. The van der Waals surface area contributed by atoms with E-state index in [1.54, 1.807) is 0 Å². The van der Waals surface area contributed by atoms with Crippen LogP contribution in [0.1, 0.15) is 51.9 Å². The molecular weight excluding hydrogens is 278 g/mol. The largest absolute Gasteiger partial charge is 0.445 e. The number of hydrogen-bond acceptors (Lipinski definition) is 4. The maximum Gasteiger partial charge on any atom is 0.325 e. The van der Waals surface area contributed by atoms with Crippen LogP contribution < -0.4 is 10.6 Å². The fraction of sp³-hybridized carbons (Fsp3) is 0.941. The van der Waals surface area contributed by atoms with Gasteiger partial charge in [0.2, 0.25) is 0 Å². The second kappa shape index (κ2) is 5.77. The summed E-state index contributed by atoms with van der Waals surface area (Å²) in [6, 6.07) is 1.26. The molecule has 4 rings (SSSR count). The van der Waals surface area contributed by atoms with Crippen molar-refractivity contribution in [2.24, 2.45) is 11.8 Å². The maximum absolute atomic E-state index is 12.4. The lowest BCUT2D eigenvalue weighted by Crippen LogP contribution is -2.99. The molecule has 3 saturated heterocycles. The third-order valence-electron chi connectivity index (χ3n) is 6.55. The third-order valence-corrected chi connectivity index (χ3v) is 6.55. The van der Waals surface area contributed by atoms with Gasteiger partial charge < -0.3 is 10.1 Å². The summed E-state index contributed by atoms with van der Waals surface area (Å²) in [7, 11) is 2.13. The third kappa shape index (κ3) is 2.38. The quantitative estimate of drug-likeness (QED) is 0.726. The van der Waals surface area contributed by atoms with Gasteiger partial charge in [0.1, 0.15) is 12.2 Å². The van der Waals surface area contributed by atoms with Crippen LogP contribution in [0.15, 0.2) is 0 Å². The van der Waals surface area contributed by atoms with Crippen molar-refractivity contribution in [3.05, 3.63) is 0 Å². The molecule has 1 saturated carbocycles. The fourth-order valence-electron chi connectivity index (χ4n) is 5.54. The molecule has 3 aliphatic heterocycles. The van der Waals surface area contributed by atoms with Crippen molar-refractivity contribution in [1.82, 2.24) is 10.2 Å². The molecule has 0 amide bonds. The van der Waals surface area contributed by atoms with E-state index in [0.29, 0.717) is 30.1 Å². The molecule has 3 heterocycles. The van der Waals surface area contributed by atoms with Crippen LogP contribution in [0.3, 0.4) is 0 Å². The number of quaternary nitrogens is 1. The fourth-order valence-corrected chi connectivity index (χ4v) is 5.54. The number of likely N-dealkylation sites (N-methyl/N-ethyl adjacent to an activating group) is 1. The van der Waals surface area contributed by atoms with Gasteiger partial charge in [0, 0.05) is 18.4 Å². The number of carbonyl (C=O) groups is 1. The number of rotatable bonds is 2. The lowest BCUT2D eigenvalue weighted by atomic mass is 9.78. The molecule has 0 spiro atoms. The smallest absolute Gasteiger partial charge is 0.325 e. The number of hydrogen-bond donors (Lipinski definition) is 2. The zero-order valence-corrected chi connectivity index (χ0v) is 13.8. The predicted octanol–water partition coefficient (Wildman–Crippen LogP) is 0.410. The van der Waals surface area contributed by atoms with Crippen molar-refractivity contribution in [3.63, 3.8) is 0 Å². The van der Waals surface area contributed by atoms with Gasteiger partial charge >= 0.3 is 5.97 Å². The highest BCUT2D eigenvalue weighted by Gasteiger charge is 2.59. The number of piperidine rings is 1. The molecule has 0 bridgehead atoms. The molecule has 7 atom stereocenters. The van der Waals surface area contributed by atoms with E-state index in [1.807, 2.05) is 0 Å². The van der Waals surface area contributed by atoms with Crippen molar-refractivity contribution >= 4 is 5.97 Å². The summed E-state index contributed by atoms with van der Waals surface area (Å²) in [5.41, 5.74) is 0. The summed E-state index contributed by atoms with van der Waals surface area (Å²) in [6.45, 7) is 2.29. The first kappa shape index (κ1) is 14.9. The van der Waals surface area contributed by atoms with Gasteiger partial charge in [-0.3, -0.25) is 9.69 Å². The number of fused-ring (bicyclic) bond motifs is 3. The van der Waals surface area contributed by atoms with E-state index in [0.717, 1.165) is 0 Å². The molecule has 22 heavy (non-hydrogen) atoms. The number of esters is 1. The van der Waals surface area contributed by atoms with Gasteiger partial charge in [-0.25, -0.2) is 5.32 Å². The van der Waals surface area contributed by atoms with Crippen molar-refractivity contribution in [3.8, 4) is 0 Å². The van der Waals surface area contributed by atoms with Gasteiger partial charge in [-0.1, -0.05) is 12.8 Å². The molecule has 0 aromatic heterocycles. The van der Waals surface area contributed by atoms with Crippen molar-refractivity contribution in [2.75, 3.05) is 7.05 Å². The summed E-state index contributed by atoms with van der Waals surface area (Å²) in [4.78, 5) is 14.7. The first-order chi connectivity index (χ1) is 10.6. The Hall–Kier alpha value is -0.650. The van der Waals surface area contributed by atoms with Gasteiger partial charge in [0.25, 0.3) is 0 Å². The number of likely N-dealkylation sites (tertiary alicyclic amines) is 1. The molecule has 5 nitrogen and oxygen atoms in total. The molecule has 4 fully saturated rings. The molecule has 3 N–H and O–H groups in total. The summed E-state index contributed by atoms with van der Waals surface area (Å²) < 4.78 is 5.77. The van der Waals surface area contributed by atoms with Gasteiger partial charge in [0.05, 0.1) is 6.04 Å². The van der Waals surface area contributed by atoms with Crippen molar-refractivity contribution in [2.45, 2.75) is 82.4 Å². The highest BCUT2D eigenvalue weighted by Crippen LogP contribution is 2.47. The minimum atomic E-state index is -0.0698. The summed E-state index contributed by atoms with van der Waals surface area (Å²) >= 11 is 0. The molecule has 6 unspecified atom stereocenters. The van der Waals surface area contributed by atoms with E-state index in [-0.39, 0.29) is 18.2 Å². The molecule has 0 radical (unpaired) electrons. The van der Waals surface area contributed by atoms with E-state index >= 15 is 0 Å². The zero-order valence-electron chi connectivity index (χ0n) is 13.8. The Balaban J connectivity index is 1.50. The number of nitrogens with two attached hydrogens (primary N) is 1. The standard InChI is InChI=1S/C17H29N3O2/c1-10-6-5-9-13(18-10)19-16-14-11-7-3-4-8-12(11)20(2)15(14)17(21)22-16/h10-16,18-19H,3-9H2,1-2H3/p+1/t10?,11?,12?,13?,14?,15?,16-/m0/s1. The SMILES string of the molecule is CC1CCCC(N[C@H]2OC(=O)C3C2C2CCCCC2N3C)[NH2+]1. The van der Waals surface area contributed by atoms with E-state index in [2.05, 4.69) is 29.5 Å². The molecule has 4 aliphatic rings. The van der Waals surface area contributed by atoms with Crippen LogP contribution in [-0.2, 0) is 9.53 Å².